The molecule has 0 saturated heterocycles. The van der Waals surface area contributed by atoms with Gasteiger partial charge in [-0.1, -0.05) is 19.1 Å². The predicted octanol–water partition coefficient (Wildman–Crippen LogP) is 4.10. The molecule has 1 fully saturated rings. The van der Waals surface area contributed by atoms with Crippen LogP contribution in [0.1, 0.15) is 50.2 Å². The van der Waals surface area contributed by atoms with Crippen molar-refractivity contribution in [3.8, 4) is 0 Å². The zero-order valence-corrected chi connectivity index (χ0v) is 15.2. The van der Waals surface area contributed by atoms with Crippen LogP contribution in [0.2, 0.25) is 0 Å². The third-order valence-corrected chi connectivity index (χ3v) is 4.95. The van der Waals surface area contributed by atoms with Crippen LogP contribution in [-0.4, -0.2) is 12.5 Å². The van der Waals surface area contributed by atoms with Crippen molar-refractivity contribution in [2.24, 2.45) is 16.1 Å². The lowest BCUT2D eigenvalue weighted by Crippen LogP contribution is -2.25. The minimum absolute atomic E-state index is 0. The number of hydrogen-bond acceptors (Lipinski definition) is 1. The van der Waals surface area contributed by atoms with E-state index in [-0.39, 0.29) is 24.0 Å². The molecule has 2 aliphatic carbocycles. The first kappa shape index (κ1) is 16.6. The van der Waals surface area contributed by atoms with Crippen LogP contribution in [0.25, 0.3) is 0 Å². The second-order valence-corrected chi connectivity index (χ2v) is 6.33. The second-order valence-electron chi connectivity index (χ2n) is 6.33. The largest absolute Gasteiger partial charge is 0.370 e. The van der Waals surface area contributed by atoms with Gasteiger partial charge in [-0.2, -0.15) is 0 Å². The number of hydrogen-bond donors (Lipinski definition) is 2. The minimum atomic E-state index is 0. The van der Waals surface area contributed by atoms with Crippen molar-refractivity contribution >= 4 is 35.6 Å². The third-order valence-electron chi connectivity index (χ3n) is 4.95. The van der Waals surface area contributed by atoms with E-state index in [1.807, 2.05) is 0 Å². The van der Waals surface area contributed by atoms with Gasteiger partial charge in [0.2, 0.25) is 0 Å². The van der Waals surface area contributed by atoms with Crippen molar-refractivity contribution < 1.29 is 0 Å². The minimum Gasteiger partial charge on any atom is -0.370 e. The van der Waals surface area contributed by atoms with Gasteiger partial charge in [0.25, 0.3) is 0 Å². The van der Waals surface area contributed by atoms with Crippen LogP contribution in [0.3, 0.4) is 0 Å². The molecule has 0 unspecified atom stereocenters. The number of nitrogens with zero attached hydrogens (tertiary/aromatic N) is 1. The molecule has 0 radical (unpaired) electrons. The van der Waals surface area contributed by atoms with Crippen molar-refractivity contribution in [1.29, 1.82) is 0 Å². The molecule has 1 aromatic rings. The van der Waals surface area contributed by atoms with E-state index in [0.717, 1.165) is 18.7 Å². The summed E-state index contributed by atoms with van der Waals surface area (Å²) >= 11 is 0. The number of benzene rings is 1. The van der Waals surface area contributed by atoms with E-state index in [0.29, 0.717) is 11.4 Å². The van der Waals surface area contributed by atoms with Gasteiger partial charge in [-0.25, -0.2) is 0 Å². The molecule has 0 amide bonds. The summed E-state index contributed by atoms with van der Waals surface area (Å²) in [5, 5.41) is 3.32. The Balaban J connectivity index is 0.00000161. The van der Waals surface area contributed by atoms with Crippen LogP contribution in [0.5, 0.6) is 0 Å². The number of nitrogens with two attached hydrogens (primary N) is 1. The lowest BCUT2D eigenvalue weighted by Gasteiger charge is -2.20. The van der Waals surface area contributed by atoms with Gasteiger partial charge in [-0.15, -0.1) is 24.0 Å². The molecule has 0 aliphatic heterocycles. The Morgan fingerprint density at radius 2 is 2.05 bits per heavy atom. The van der Waals surface area contributed by atoms with Crippen molar-refractivity contribution in [2.45, 2.75) is 51.9 Å². The average molecular weight is 399 g/mol. The van der Waals surface area contributed by atoms with Gasteiger partial charge in [0.1, 0.15) is 0 Å². The number of aliphatic imine (C=N–C) groups is 1. The Morgan fingerprint density at radius 1 is 1.29 bits per heavy atom. The van der Waals surface area contributed by atoms with Crippen molar-refractivity contribution in [1.82, 2.24) is 0 Å². The van der Waals surface area contributed by atoms with E-state index in [4.69, 9.17) is 5.73 Å². The van der Waals surface area contributed by atoms with Crippen LogP contribution >= 0.6 is 24.0 Å². The maximum Gasteiger partial charge on any atom is 0.193 e. The first-order valence-corrected chi connectivity index (χ1v) is 7.90. The summed E-state index contributed by atoms with van der Waals surface area (Å²) in [6.45, 7) is 3.12. The first-order valence-electron chi connectivity index (χ1n) is 7.90. The molecule has 0 bridgehead atoms. The number of nitrogens with one attached hydrogen (secondary N) is 1. The molecule has 0 spiro atoms. The highest BCUT2D eigenvalue weighted by atomic mass is 127. The molecule has 4 heteroatoms. The summed E-state index contributed by atoms with van der Waals surface area (Å²) in [7, 11) is 0. The third kappa shape index (κ3) is 3.90. The second kappa shape index (κ2) is 6.99. The van der Waals surface area contributed by atoms with Gasteiger partial charge in [0, 0.05) is 12.2 Å². The summed E-state index contributed by atoms with van der Waals surface area (Å²) in [6, 6.07) is 6.48. The molecule has 1 aromatic carbocycles. The molecule has 3 N–H and O–H groups in total. The monoisotopic (exact) mass is 399 g/mol. The van der Waals surface area contributed by atoms with E-state index < -0.39 is 0 Å². The number of rotatable bonds is 4. The summed E-state index contributed by atoms with van der Waals surface area (Å²) in [6.07, 6.45) is 8.76. The molecule has 1 saturated carbocycles. The highest BCUT2D eigenvalue weighted by molar-refractivity contribution is 14.0. The Hall–Kier alpha value is -0.780. The summed E-state index contributed by atoms with van der Waals surface area (Å²) in [4.78, 5) is 4.56. The molecular weight excluding hydrogens is 373 g/mol. The molecule has 0 aromatic heterocycles. The molecule has 0 atom stereocenters. The fourth-order valence-electron chi connectivity index (χ4n) is 3.13. The highest BCUT2D eigenvalue weighted by Gasteiger charge is 2.40. The van der Waals surface area contributed by atoms with Crippen molar-refractivity contribution in [3.05, 3.63) is 29.3 Å². The van der Waals surface area contributed by atoms with Crippen molar-refractivity contribution in [3.63, 3.8) is 0 Å². The van der Waals surface area contributed by atoms with Crippen LogP contribution in [0.15, 0.2) is 23.2 Å². The fourth-order valence-corrected chi connectivity index (χ4v) is 3.13. The van der Waals surface area contributed by atoms with Gasteiger partial charge in [0.15, 0.2) is 5.96 Å². The topological polar surface area (TPSA) is 50.4 Å². The van der Waals surface area contributed by atoms with Gasteiger partial charge < -0.3 is 11.1 Å². The normalized spacial score (nSPS) is 19.4. The molecule has 116 valence electrons. The summed E-state index contributed by atoms with van der Waals surface area (Å²) < 4.78 is 0. The maximum absolute atomic E-state index is 6.07. The summed E-state index contributed by atoms with van der Waals surface area (Å²) in [5.41, 5.74) is 10.6. The highest BCUT2D eigenvalue weighted by Crippen LogP contribution is 2.48. The smallest absolute Gasteiger partial charge is 0.193 e. The fraction of sp³-hybridized carbons (Fsp3) is 0.588. The zero-order chi connectivity index (χ0) is 14.0. The number of aryl methyl sites for hydroxylation is 1. The van der Waals surface area contributed by atoms with Crippen LogP contribution < -0.4 is 11.1 Å². The molecule has 21 heavy (non-hydrogen) atoms. The predicted molar refractivity (Wildman–Crippen MR) is 101 cm³/mol. The quantitative estimate of drug-likeness (QED) is 0.455. The number of guanidine groups is 1. The lowest BCUT2D eigenvalue weighted by atomic mass is 9.90. The molecule has 2 aliphatic rings. The number of anilines is 1. The van der Waals surface area contributed by atoms with E-state index in [1.54, 1.807) is 0 Å². The Labute approximate surface area is 144 Å². The Bertz CT molecular complexity index is 521. The van der Waals surface area contributed by atoms with E-state index in [1.165, 1.54) is 49.7 Å². The van der Waals surface area contributed by atoms with Gasteiger partial charge in [-0.3, -0.25) is 4.99 Å². The molecular formula is C17H26IN3. The maximum atomic E-state index is 6.07. The average Bonchev–Trinajstić information content (AvgIpc) is 3.26. The van der Waals surface area contributed by atoms with E-state index >= 15 is 0 Å². The molecule has 3 rings (SSSR count). The summed E-state index contributed by atoms with van der Waals surface area (Å²) in [5.74, 6) is 0.573. The lowest BCUT2D eigenvalue weighted by molar-refractivity contribution is 0.506. The Morgan fingerprint density at radius 3 is 2.76 bits per heavy atom. The zero-order valence-electron chi connectivity index (χ0n) is 12.8. The van der Waals surface area contributed by atoms with Gasteiger partial charge in [0.05, 0.1) is 0 Å². The van der Waals surface area contributed by atoms with Crippen LogP contribution in [0, 0.1) is 5.41 Å². The van der Waals surface area contributed by atoms with Crippen LogP contribution in [-0.2, 0) is 12.8 Å². The standard InChI is InChI=1S/C17H25N3.HI/c1-2-17(10-11-17)12-19-16(18)20-15-9-5-7-13-6-3-4-8-14(13)15;/h5,7,9H,2-4,6,8,10-12H2,1H3,(H3,18,19,20);1H. The van der Waals surface area contributed by atoms with E-state index in [9.17, 15) is 0 Å². The Kier molecular flexibility index (Phi) is 5.52. The van der Waals surface area contributed by atoms with Crippen LogP contribution in [0.4, 0.5) is 5.69 Å². The van der Waals surface area contributed by atoms with Gasteiger partial charge in [-0.05, 0) is 67.6 Å². The van der Waals surface area contributed by atoms with E-state index in [2.05, 4.69) is 35.4 Å². The van der Waals surface area contributed by atoms with Gasteiger partial charge >= 0.3 is 0 Å². The molecule has 3 nitrogen and oxygen atoms in total. The van der Waals surface area contributed by atoms with Crippen molar-refractivity contribution in [2.75, 3.05) is 11.9 Å². The number of halogens is 1. The SMILES string of the molecule is CCC1(CN=C(N)Nc2cccc3c2CCCC3)CC1.I. The first-order chi connectivity index (χ1) is 9.72. The number of fused-ring (bicyclic) bond motifs is 1. The molecule has 0 heterocycles.